The van der Waals surface area contributed by atoms with Crippen LogP contribution < -0.4 is 20.2 Å². The number of para-hydroxylation sites is 1. The number of aliphatic hydroxyl groups excluding tert-OH is 1. The Morgan fingerprint density at radius 1 is 0.947 bits per heavy atom. The highest BCUT2D eigenvalue weighted by Crippen LogP contribution is 2.27. The minimum atomic E-state index is -0.233. The largest absolute Gasteiger partial charge is 0.497 e. The number of pyridine rings is 1. The quantitative estimate of drug-likeness (QED) is 0.345. The van der Waals surface area contributed by atoms with Crippen LogP contribution in [0.5, 0.6) is 11.5 Å². The number of aromatic nitrogens is 1. The lowest BCUT2D eigenvalue weighted by atomic mass is 10.1. The van der Waals surface area contributed by atoms with Crippen molar-refractivity contribution in [3.05, 3.63) is 76.5 Å². The summed E-state index contributed by atoms with van der Waals surface area (Å²) in [5.74, 6) is 1.29. The molecule has 5 rings (SSSR count). The number of carbonyl (C=O) groups excluding carboxylic acids is 1. The summed E-state index contributed by atoms with van der Waals surface area (Å²) >= 11 is 0. The van der Waals surface area contributed by atoms with E-state index in [1.54, 1.807) is 20.3 Å². The van der Waals surface area contributed by atoms with Crippen molar-refractivity contribution in [2.75, 3.05) is 39.2 Å². The number of hydrogen-bond acceptors (Lipinski definition) is 6. The molecule has 3 aromatic carbocycles. The molecule has 38 heavy (non-hydrogen) atoms. The zero-order valence-corrected chi connectivity index (χ0v) is 21.8. The number of anilines is 1. The third-order valence-corrected chi connectivity index (χ3v) is 7.22. The van der Waals surface area contributed by atoms with Gasteiger partial charge in [0, 0.05) is 55.1 Å². The average molecular weight is 516 g/mol. The van der Waals surface area contributed by atoms with Crippen LogP contribution in [0.25, 0.3) is 21.8 Å². The summed E-state index contributed by atoms with van der Waals surface area (Å²) in [6.07, 6.45) is 1.61. The Kier molecular flexibility index (Phi) is 7.62. The van der Waals surface area contributed by atoms with Gasteiger partial charge in [-0.15, -0.1) is 0 Å². The predicted molar refractivity (Wildman–Crippen MR) is 149 cm³/mol. The second-order valence-electron chi connectivity index (χ2n) is 9.76. The molecule has 2 heterocycles. The third-order valence-electron chi connectivity index (χ3n) is 7.22. The number of methoxy groups -OCH3 is 2. The standard InChI is InChI=1S/C30H33N3O5/c1-37-23-15-20(16-24(18-23)38-2)19-33-27-6-4-3-5-25(27)30(36)26-17-21(7-8-28(26)33)31-29(35)11-14-32-12-9-22(34)10-13-32/h3-8,15-18,22,34H,9-14,19H2,1-2H3,(H,31,35). The minimum Gasteiger partial charge on any atom is -0.497 e. The van der Waals surface area contributed by atoms with Crippen LogP contribution in [0.2, 0.25) is 0 Å². The maximum absolute atomic E-state index is 13.5. The monoisotopic (exact) mass is 515 g/mol. The van der Waals surface area contributed by atoms with Crippen LogP contribution >= 0.6 is 0 Å². The Hall–Kier alpha value is -3.88. The van der Waals surface area contributed by atoms with Gasteiger partial charge in [-0.25, -0.2) is 0 Å². The first-order valence-corrected chi connectivity index (χ1v) is 12.9. The van der Waals surface area contributed by atoms with Crippen molar-refractivity contribution in [2.24, 2.45) is 0 Å². The van der Waals surface area contributed by atoms with Gasteiger partial charge in [-0.3, -0.25) is 9.59 Å². The summed E-state index contributed by atoms with van der Waals surface area (Å²) in [4.78, 5) is 28.4. The fourth-order valence-corrected chi connectivity index (χ4v) is 5.14. The molecule has 1 amide bonds. The highest BCUT2D eigenvalue weighted by Gasteiger charge is 2.18. The predicted octanol–water partition coefficient (Wildman–Crippen LogP) is 4.01. The molecule has 1 aromatic heterocycles. The number of ether oxygens (including phenoxy) is 2. The topological polar surface area (TPSA) is 93.0 Å². The molecule has 0 bridgehead atoms. The zero-order valence-electron chi connectivity index (χ0n) is 21.8. The van der Waals surface area contributed by atoms with Gasteiger partial charge in [0.15, 0.2) is 5.43 Å². The smallest absolute Gasteiger partial charge is 0.225 e. The number of hydrogen-bond donors (Lipinski definition) is 2. The van der Waals surface area contributed by atoms with E-state index in [1.807, 2.05) is 54.6 Å². The molecule has 4 aromatic rings. The molecule has 0 saturated carbocycles. The molecule has 8 nitrogen and oxygen atoms in total. The van der Waals surface area contributed by atoms with Crippen molar-refractivity contribution in [1.29, 1.82) is 0 Å². The van der Waals surface area contributed by atoms with Gasteiger partial charge in [0.2, 0.25) is 5.91 Å². The highest BCUT2D eigenvalue weighted by molar-refractivity contribution is 5.97. The summed E-state index contributed by atoms with van der Waals surface area (Å²) in [7, 11) is 3.24. The number of rotatable bonds is 8. The van der Waals surface area contributed by atoms with E-state index in [-0.39, 0.29) is 17.4 Å². The Balaban J connectivity index is 1.45. The van der Waals surface area contributed by atoms with E-state index in [2.05, 4.69) is 14.8 Å². The van der Waals surface area contributed by atoms with Gasteiger partial charge in [-0.1, -0.05) is 12.1 Å². The Morgan fingerprint density at radius 2 is 1.63 bits per heavy atom. The summed E-state index contributed by atoms with van der Waals surface area (Å²) in [6.45, 7) is 2.75. The summed E-state index contributed by atoms with van der Waals surface area (Å²) < 4.78 is 13.0. The van der Waals surface area contributed by atoms with Crippen LogP contribution in [0.4, 0.5) is 5.69 Å². The number of fused-ring (bicyclic) bond motifs is 2. The molecule has 0 aliphatic carbocycles. The average Bonchev–Trinajstić information content (AvgIpc) is 2.94. The zero-order chi connectivity index (χ0) is 26.6. The first-order valence-electron chi connectivity index (χ1n) is 12.9. The van der Waals surface area contributed by atoms with Crippen LogP contribution in [0, 0.1) is 0 Å². The molecule has 2 N–H and O–H groups in total. The van der Waals surface area contributed by atoms with Crippen molar-refractivity contribution in [3.8, 4) is 11.5 Å². The van der Waals surface area contributed by atoms with Gasteiger partial charge in [0.05, 0.1) is 31.4 Å². The number of aliphatic hydroxyl groups is 1. The summed E-state index contributed by atoms with van der Waals surface area (Å²) in [5, 5.41) is 13.8. The molecule has 1 aliphatic heterocycles. The van der Waals surface area contributed by atoms with Gasteiger partial charge in [0.1, 0.15) is 11.5 Å². The number of likely N-dealkylation sites (tertiary alicyclic amines) is 1. The molecule has 0 unspecified atom stereocenters. The molecule has 1 fully saturated rings. The van der Waals surface area contributed by atoms with E-state index in [0.29, 0.717) is 47.5 Å². The maximum Gasteiger partial charge on any atom is 0.225 e. The molecule has 0 radical (unpaired) electrons. The van der Waals surface area contributed by atoms with Crippen molar-refractivity contribution >= 4 is 33.4 Å². The van der Waals surface area contributed by atoms with Crippen LogP contribution in [0.15, 0.2) is 65.5 Å². The van der Waals surface area contributed by atoms with Crippen LogP contribution in [0.1, 0.15) is 24.8 Å². The van der Waals surface area contributed by atoms with Gasteiger partial charge < -0.3 is 29.4 Å². The number of nitrogens with zero attached hydrogens (tertiary/aromatic N) is 2. The number of benzene rings is 3. The lowest BCUT2D eigenvalue weighted by Crippen LogP contribution is -2.37. The number of piperidine rings is 1. The Labute approximate surface area is 221 Å². The van der Waals surface area contributed by atoms with Gasteiger partial charge >= 0.3 is 0 Å². The van der Waals surface area contributed by atoms with Crippen LogP contribution in [-0.2, 0) is 11.3 Å². The molecule has 8 heteroatoms. The fraction of sp³-hybridized carbons (Fsp3) is 0.333. The van der Waals surface area contributed by atoms with Gasteiger partial charge in [-0.05, 0) is 60.9 Å². The van der Waals surface area contributed by atoms with Crippen molar-refractivity contribution < 1.29 is 19.4 Å². The van der Waals surface area contributed by atoms with Gasteiger partial charge in [-0.2, -0.15) is 0 Å². The van der Waals surface area contributed by atoms with Crippen molar-refractivity contribution in [3.63, 3.8) is 0 Å². The first kappa shape index (κ1) is 25.8. The van der Waals surface area contributed by atoms with Crippen LogP contribution in [0.3, 0.4) is 0 Å². The highest BCUT2D eigenvalue weighted by atomic mass is 16.5. The normalized spacial score (nSPS) is 14.6. The second kappa shape index (κ2) is 11.2. The third kappa shape index (κ3) is 5.51. The van der Waals surface area contributed by atoms with Crippen molar-refractivity contribution in [1.82, 2.24) is 9.47 Å². The fourth-order valence-electron chi connectivity index (χ4n) is 5.14. The summed E-state index contributed by atoms with van der Waals surface area (Å²) in [6, 6.07) is 18.8. The number of nitrogens with one attached hydrogen (secondary N) is 1. The number of amides is 1. The van der Waals surface area contributed by atoms with Crippen LogP contribution in [-0.4, -0.2) is 60.4 Å². The van der Waals surface area contributed by atoms with E-state index < -0.39 is 0 Å². The molecule has 198 valence electrons. The molecule has 1 aliphatic rings. The number of carbonyl (C=O) groups is 1. The lowest BCUT2D eigenvalue weighted by molar-refractivity contribution is -0.116. The van der Waals surface area contributed by atoms with Gasteiger partial charge in [0.25, 0.3) is 0 Å². The molecular weight excluding hydrogens is 482 g/mol. The SMILES string of the molecule is COc1cc(Cn2c3ccccc3c(=O)c3cc(NC(=O)CCN4CCC(O)CC4)ccc32)cc(OC)c1. The molecule has 0 spiro atoms. The Bertz CT molecular complexity index is 1500. The minimum absolute atomic E-state index is 0.0713. The molecule has 0 atom stereocenters. The van der Waals surface area contributed by atoms with E-state index in [0.717, 1.165) is 42.5 Å². The van der Waals surface area contributed by atoms with E-state index in [4.69, 9.17) is 9.47 Å². The molecular formula is C30H33N3O5. The maximum atomic E-state index is 13.5. The van der Waals surface area contributed by atoms with E-state index >= 15 is 0 Å². The second-order valence-corrected chi connectivity index (χ2v) is 9.76. The summed E-state index contributed by atoms with van der Waals surface area (Å²) in [5.41, 5.74) is 3.10. The first-order chi connectivity index (χ1) is 18.4. The lowest BCUT2D eigenvalue weighted by Gasteiger charge is -2.29. The van der Waals surface area contributed by atoms with E-state index in [1.165, 1.54) is 0 Å². The van der Waals surface area contributed by atoms with E-state index in [9.17, 15) is 14.7 Å². The van der Waals surface area contributed by atoms with Crippen molar-refractivity contribution in [2.45, 2.75) is 31.9 Å². The Morgan fingerprint density at radius 3 is 2.34 bits per heavy atom. The molecule has 1 saturated heterocycles.